The van der Waals surface area contributed by atoms with E-state index in [4.69, 9.17) is 9.72 Å². The second-order valence-corrected chi connectivity index (χ2v) is 8.80. The van der Waals surface area contributed by atoms with E-state index < -0.39 is 0 Å². The Labute approximate surface area is 172 Å². The third kappa shape index (κ3) is 3.42. The second kappa shape index (κ2) is 7.97. The lowest BCUT2D eigenvalue weighted by molar-refractivity contribution is -0.140. The molecule has 0 bridgehead atoms. The number of fused-ring (bicyclic) bond motifs is 2. The molecule has 0 aliphatic carbocycles. The molecule has 28 heavy (non-hydrogen) atoms. The Bertz CT molecular complexity index is 1150. The highest BCUT2D eigenvalue weighted by atomic mass is 32.2. The molecular weight excluding hydrogens is 388 g/mol. The zero-order chi connectivity index (χ0) is 19.7. The summed E-state index contributed by atoms with van der Waals surface area (Å²) in [5.41, 5.74) is 4.60. The molecule has 2 aromatic heterocycles. The number of aromatic nitrogens is 2. The van der Waals surface area contributed by atoms with E-state index in [1.807, 2.05) is 25.1 Å². The van der Waals surface area contributed by atoms with Crippen molar-refractivity contribution in [1.29, 1.82) is 0 Å². The molecule has 0 fully saturated rings. The molecule has 4 nitrogen and oxygen atoms in total. The maximum absolute atomic E-state index is 12.1. The van der Waals surface area contributed by atoms with Gasteiger partial charge in [-0.25, -0.2) is 4.98 Å². The first-order chi connectivity index (χ1) is 13.6. The summed E-state index contributed by atoms with van der Waals surface area (Å²) in [7, 11) is 1.44. The molecule has 2 aromatic carbocycles. The maximum atomic E-state index is 12.1. The lowest BCUT2D eigenvalue weighted by atomic mass is 10.1. The average molecular weight is 411 g/mol. The Morgan fingerprint density at radius 1 is 1.25 bits per heavy atom. The minimum absolute atomic E-state index is 0.206. The molecule has 4 aromatic rings. The Hall–Kier alpha value is -2.31. The molecule has 1 unspecified atom stereocenters. The van der Waals surface area contributed by atoms with Gasteiger partial charge in [-0.3, -0.25) is 4.79 Å². The molecule has 2 heterocycles. The number of imidazole rings is 1. The van der Waals surface area contributed by atoms with E-state index in [0.717, 1.165) is 22.7 Å². The number of rotatable bonds is 6. The summed E-state index contributed by atoms with van der Waals surface area (Å²) in [5.74, 6) is -0.206. The Morgan fingerprint density at radius 3 is 2.86 bits per heavy atom. The van der Waals surface area contributed by atoms with Crippen LogP contribution in [0.4, 0.5) is 0 Å². The van der Waals surface area contributed by atoms with Crippen LogP contribution in [0.15, 0.2) is 53.0 Å². The molecule has 0 aliphatic rings. The molecule has 0 saturated carbocycles. The van der Waals surface area contributed by atoms with Gasteiger partial charge in [0.15, 0.2) is 5.16 Å². The van der Waals surface area contributed by atoms with Crippen LogP contribution in [0.25, 0.3) is 21.1 Å². The number of hydrogen-bond acceptors (Lipinski definition) is 5. The molecule has 0 spiro atoms. The highest BCUT2D eigenvalue weighted by Crippen LogP contribution is 2.33. The average Bonchev–Trinajstić information content (AvgIpc) is 3.28. The van der Waals surface area contributed by atoms with Gasteiger partial charge in [-0.15, -0.1) is 11.3 Å². The Morgan fingerprint density at radius 2 is 2.07 bits per heavy atom. The van der Waals surface area contributed by atoms with Gasteiger partial charge in [0.25, 0.3) is 0 Å². The number of carbonyl (C=O) groups excluding carboxylic acids is 1. The van der Waals surface area contributed by atoms with E-state index in [9.17, 15) is 4.79 Å². The number of esters is 1. The van der Waals surface area contributed by atoms with Crippen LogP contribution < -0.4 is 0 Å². The van der Waals surface area contributed by atoms with Gasteiger partial charge >= 0.3 is 5.97 Å². The van der Waals surface area contributed by atoms with Gasteiger partial charge in [0, 0.05) is 10.1 Å². The van der Waals surface area contributed by atoms with Crippen molar-refractivity contribution in [2.24, 2.45) is 0 Å². The normalized spacial score (nSPS) is 12.5. The number of ether oxygens (including phenoxy) is 1. The lowest BCUT2D eigenvalue weighted by Crippen LogP contribution is -2.18. The summed E-state index contributed by atoms with van der Waals surface area (Å²) in [6.07, 6.45) is 0.695. The van der Waals surface area contributed by atoms with Gasteiger partial charge in [-0.1, -0.05) is 43.0 Å². The molecule has 6 heteroatoms. The molecule has 0 N–H and O–H groups in total. The fraction of sp³-hybridized carbons (Fsp3) is 0.273. The summed E-state index contributed by atoms with van der Waals surface area (Å²) in [4.78, 5) is 17.0. The number of carbonyl (C=O) groups is 1. The topological polar surface area (TPSA) is 44.1 Å². The molecule has 1 atom stereocenters. The monoisotopic (exact) mass is 410 g/mol. The molecule has 0 saturated heterocycles. The Kier molecular flexibility index (Phi) is 5.42. The van der Waals surface area contributed by atoms with Crippen LogP contribution in [0.1, 0.15) is 24.5 Å². The summed E-state index contributed by atoms with van der Waals surface area (Å²) in [5, 5.41) is 4.15. The van der Waals surface area contributed by atoms with Crippen LogP contribution in [0.5, 0.6) is 0 Å². The van der Waals surface area contributed by atoms with Gasteiger partial charge in [-0.05, 0) is 48.1 Å². The van der Waals surface area contributed by atoms with E-state index in [1.54, 1.807) is 11.3 Å². The Balaban J connectivity index is 1.80. The largest absolute Gasteiger partial charge is 0.468 e. The number of para-hydroxylation sites is 2. The molecule has 144 valence electrons. The third-order valence-electron chi connectivity index (χ3n) is 4.91. The maximum Gasteiger partial charge on any atom is 0.319 e. The first-order valence-electron chi connectivity index (χ1n) is 9.27. The van der Waals surface area contributed by atoms with Gasteiger partial charge in [0.2, 0.25) is 0 Å². The number of benzene rings is 2. The van der Waals surface area contributed by atoms with Gasteiger partial charge in [-0.2, -0.15) is 0 Å². The fourth-order valence-electron chi connectivity index (χ4n) is 3.48. The predicted molar refractivity (Wildman–Crippen MR) is 117 cm³/mol. The van der Waals surface area contributed by atoms with Gasteiger partial charge in [0.1, 0.15) is 5.25 Å². The number of hydrogen-bond donors (Lipinski definition) is 0. The lowest BCUT2D eigenvalue weighted by Gasteiger charge is -2.14. The quantitative estimate of drug-likeness (QED) is 0.304. The van der Waals surface area contributed by atoms with E-state index in [0.29, 0.717) is 6.42 Å². The number of thioether (sulfide) groups is 1. The minimum Gasteiger partial charge on any atom is -0.468 e. The van der Waals surface area contributed by atoms with Crippen molar-refractivity contribution in [2.45, 2.75) is 37.2 Å². The SMILES string of the molecule is CCC(Sc1nc2ccccc2n1Cc1csc2cccc(C)c12)C(=O)OC. The summed E-state index contributed by atoms with van der Waals surface area (Å²) < 4.78 is 8.50. The fourth-order valence-corrected chi connectivity index (χ4v) is 5.57. The van der Waals surface area contributed by atoms with Crippen molar-refractivity contribution in [3.05, 3.63) is 59.0 Å². The summed E-state index contributed by atoms with van der Waals surface area (Å²) in [6, 6.07) is 14.6. The van der Waals surface area contributed by atoms with Crippen molar-refractivity contribution in [3.63, 3.8) is 0 Å². The number of thiophene rings is 1. The van der Waals surface area contributed by atoms with Crippen molar-refractivity contribution >= 4 is 50.2 Å². The zero-order valence-electron chi connectivity index (χ0n) is 16.1. The van der Waals surface area contributed by atoms with Crippen molar-refractivity contribution < 1.29 is 9.53 Å². The highest BCUT2D eigenvalue weighted by molar-refractivity contribution is 8.00. The number of nitrogens with zero attached hydrogens (tertiary/aromatic N) is 2. The number of methoxy groups -OCH3 is 1. The van der Waals surface area contributed by atoms with Crippen LogP contribution in [0.2, 0.25) is 0 Å². The summed E-state index contributed by atoms with van der Waals surface area (Å²) in [6.45, 7) is 4.88. The van der Waals surface area contributed by atoms with Crippen LogP contribution in [-0.4, -0.2) is 27.9 Å². The zero-order valence-corrected chi connectivity index (χ0v) is 17.8. The minimum atomic E-state index is -0.262. The standard InChI is InChI=1S/C22H22N2O2S2/c1-4-18(21(25)26-3)28-22-23-16-9-5-6-10-17(16)24(22)12-15-13-27-19-11-7-8-14(2)20(15)19/h5-11,13,18H,4,12H2,1-3H3. The smallest absolute Gasteiger partial charge is 0.319 e. The molecule has 0 aliphatic heterocycles. The van der Waals surface area contributed by atoms with Crippen LogP contribution >= 0.6 is 23.1 Å². The van der Waals surface area contributed by atoms with E-state index in [2.05, 4.69) is 41.1 Å². The predicted octanol–water partition coefficient (Wildman–Crippen LogP) is 5.65. The van der Waals surface area contributed by atoms with E-state index >= 15 is 0 Å². The highest BCUT2D eigenvalue weighted by Gasteiger charge is 2.23. The first-order valence-corrected chi connectivity index (χ1v) is 11.0. The van der Waals surface area contributed by atoms with Crippen LogP contribution in [0.3, 0.4) is 0 Å². The van der Waals surface area contributed by atoms with Crippen LogP contribution in [-0.2, 0) is 16.1 Å². The molecule has 4 rings (SSSR count). The van der Waals surface area contributed by atoms with E-state index in [-0.39, 0.29) is 11.2 Å². The number of aryl methyl sites for hydroxylation is 1. The first kappa shape index (κ1) is 19.0. The van der Waals surface area contributed by atoms with Crippen molar-refractivity contribution in [1.82, 2.24) is 9.55 Å². The van der Waals surface area contributed by atoms with Gasteiger partial charge in [0.05, 0.1) is 24.7 Å². The van der Waals surface area contributed by atoms with Crippen LogP contribution in [0, 0.1) is 6.92 Å². The second-order valence-electron chi connectivity index (χ2n) is 6.72. The van der Waals surface area contributed by atoms with Crippen molar-refractivity contribution in [3.8, 4) is 0 Å². The summed E-state index contributed by atoms with van der Waals surface area (Å²) >= 11 is 3.26. The molecule has 0 amide bonds. The van der Waals surface area contributed by atoms with E-state index in [1.165, 1.54) is 40.1 Å². The molecule has 0 radical (unpaired) electrons. The molecular formula is C22H22N2O2S2. The van der Waals surface area contributed by atoms with Crippen molar-refractivity contribution in [2.75, 3.05) is 7.11 Å². The third-order valence-corrected chi connectivity index (χ3v) is 7.24. The van der Waals surface area contributed by atoms with Gasteiger partial charge < -0.3 is 9.30 Å².